The Hall–Kier alpha value is -1.13. The molecule has 2 rings (SSSR count). The molecule has 0 aliphatic rings. The summed E-state index contributed by atoms with van der Waals surface area (Å²) in [7, 11) is 1.71. The Kier molecular flexibility index (Phi) is 7.30. The number of guanidine groups is 1. The maximum absolute atomic E-state index is 10.5. The Bertz CT molecular complexity index is 594. The second kappa shape index (κ2) is 8.49. The molecule has 0 bridgehead atoms. The Morgan fingerprint density at radius 2 is 2.27 bits per heavy atom. The largest absolute Gasteiger partial charge is 0.383 e. The average Bonchev–Trinajstić information content (AvgIpc) is 3.11. The van der Waals surface area contributed by atoms with Gasteiger partial charge in [-0.3, -0.25) is 10.1 Å². The zero-order valence-corrected chi connectivity index (χ0v) is 16.0. The van der Waals surface area contributed by atoms with Gasteiger partial charge in [0.1, 0.15) is 5.60 Å². The van der Waals surface area contributed by atoms with E-state index in [9.17, 15) is 5.11 Å². The lowest BCUT2D eigenvalue weighted by Crippen LogP contribution is -2.44. The quantitative estimate of drug-likeness (QED) is 0.329. The first-order chi connectivity index (χ1) is 10.0. The Labute approximate surface area is 151 Å². The third-order valence-electron chi connectivity index (χ3n) is 3.26. The van der Waals surface area contributed by atoms with E-state index in [0.717, 1.165) is 16.1 Å². The van der Waals surface area contributed by atoms with Crippen molar-refractivity contribution in [2.75, 3.05) is 13.6 Å². The van der Waals surface area contributed by atoms with Crippen LogP contribution in [0.5, 0.6) is 0 Å². The molecule has 0 fully saturated rings. The third-order valence-corrected chi connectivity index (χ3v) is 4.38. The highest BCUT2D eigenvalue weighted by atomic mass is 127. The molecule has 0 amide bonds. The van der Waals surface area contributed by atoms with Gasteiger partial charge < -0.3 is 15.7 Å². The molecule has 0 radical (unpaired) electrons. The molecule has 8 heteroatoms. The van der Waals surface area contributed by atoms with E-state index in [1.165, 1.54) is 11.3 Å². The summed E-state index contributed by atoms with van der Waals surface area (Å²) in [6.07, 6.45) is 1.79. The normalized spacial score (nSPS) is 14.1. The van der Waals surface area contributed by atoms with Crippen LogP contribution in [-0.4, -0.2) is 34.9 Å². The number of aromatic amines is 1. The van der Waals surface area contributed by atoms with Crippen LogP contribution in [0.2, 0.25) is 0 Å². The number of aryl methyl sites for hydroxylation is 1. The molecule has 0 spiro atoms. The molecule has 1 atom stereocenters. The zero-order chi connectivity index (χ0) is 15.3. The van der Waals surface area contributed by atoms with Gasteiger partial charge in [-0.05, 0) is 25.3 Å². The van der Waals surface area contributed by atoms with Crippen LogP contribution in [0.1, 0.15) is 23.1 Å². The van der Waals surface area contributed by atoms with Crippen LogP contribution in [0.15, 0.2) is 28.7 Å². The van der Waals surface area contributed by atoms with Gasteiger partial charge in [0.05, 0.1) is 12.7 Å². The number of H-pyrrole nitrogens is 1. The summed E-state index contributed by atoms with van der Waals surface area (Å²) in [6.45, 7) is 4.78. The van der Waals surface area contributed by atoms with Gasteiger partial charge in [0.15, 0.2) is 5.96 Å². The van der Waals surface area contributed by atoms with Gasteiger partial charge in [0.25, 0.3) is 0 Å². The lowest BCUT2D eigenvalue weighted by atomic mass is 10.1. The Balaban J connectivity index is 0.00000242. The van der Waals surface area contributed by atoms with Crippen molar-refractivity contribution in [3.8, 4) is 0 Å². The van der Waals surface area contributed by atoms with Crippen LogP contribution in [0, 0.1) is 6.92 Å². The number of nitrogens with one attached hydrogen (secondary N) is 3. The number of aliphatic hydroxyl groups is 1. The van der Waals surface area contributed by atoms with Gasteiger partial charge in [-0.15, -0.1) is 35.3 Å². The van der Waals surface area contributed by atoms with E-state index >= 15 is 0 Å². The molecule has 2 aromatic heterocycles. The van der Waals surface area contributed by atoms with Gasteiger partial charge >= 0.3 is 0 Å². The Morgan fingerprint density at radius 3 is 2.82 bits per heavy atom. The fourth-order valence-corrected chi connectivity index (χ4v) is 2.67. The van der Waals surface area contributed by atoms with Crippen molar-refractivity contribution in [3.05, 3.63) is 39.8 Å². The second-order valence-corrected chi connectivity index (χ2v) is 6.00. The van der Waals surface area contributed by atoms with E-state index in [-0.39, 0.29) is 24.0 Å². The number of aliphatic imine (C=N–C) groups is 1. The number of hydrogen-bond donors (Lipinski definition) is 4. The monoisotopic (exact) mass is 435 g/mol. The van der Waals surface area contributed by atoms with Crippen molar-refractivity contribution < 1.29 is 5.11 Å². The molecule has 4 N–H and O–H groups in total. The topological polar surface area (TPSA) is 85.3 Å². The van der Waals surface area contributed by atoms with E-state index < -0.39 is 5.60 Å². The van der Waals surface area contributed by atoms with Gasteiger partial charge in [0.2, 0.25) is 0 Å². The number of rotatable bonds is 5. The van der Waals surface area contributed by atoms with Crippen molar-refractivity contribution in [1.29, 1.82) is 0 Å². The lowest BCUT2D eigenvalue weighted by Gasteiger charge is -2.23. The van der Waals surface area contributed by atoms with Gasteiger partial charge in [0, 0.05) is 29.7 Å². The van der Waals surface area contributed by atoms with Crippen LogP contribution in [0.3, 0.4) is 0 Å². The Morgan fingerprint density at radius 1 is 1.50 bits per heavy atom. The second-order valence-electron chi connectivity index (χ2n) is 5.05. The fraction of sp³-hybridized carbons (Fsp3) is 0.429. The highest BCUT2D eigenvalue weighted by molar-refractivity contribution is 14.0. The van der Waals surface area contributed by atoms with Crippen LogP contribution in [-0.2, 0) is 12.1 Å². The number of aromatic nitrogens is 2. The van der Waals surface area contributed by atoms with Crippen LogP contribution in [0.4, 0.5) is 0 Å². The lowest BCUT2D eigenvalue weighted by molar-refractivity contribution is 0.0655. The summed E-state index contributed by atoms with van der Waals surface area (Å²) in [5, 5.41) is 25.6. The van der Waals surface area contributed by atoms with E-state index in [1.54, 1.807) is 20.2 Å². The van der Waals surface area contributed by atoms with Crippen LogP contribution >= 0.6 is 35.3 Å². The van der Waals surface area contributed by atoms with Crippen LogP contribution < -0.4 is 10.6 Å². The molecule has 0 aromatic carbocycles. The van der Waals surface area contributed by atoms with E-state index in [1.807, 2.05) is 24.4 Å². The first-order valence-electron chi connectivity index (χ1n) is 6.72. The summed E-state index contributed by atoms with van der Waals surface area (Å²) in [4.78, 5) is 5.08. The minimum atomic E-state index is -0.919. The maximum Gasteiger partial charge on any atom is 0.191 e. The number of hydrogen-bond acceptors (Lipinski definition) is 4. The molecule has 0 saturated carbocycles. The SMILES string of the molecule is CN=C(NCc1cn[nH]c1C)NCC(C)(O)c1cccs1.I. The highest BCUT2D eigenvalue weighted by Gasteiger charge is 2.24. The highest BCUT2D eigenvalue weighted by Crippen LogP contribution is 2.24. The molecular weight excluding hydrogens is 413 g/mol. The van der Waals surface area contributed by atoms with Crippen molar-refractivity contribution in [1.82, 2.24) is 20.8 Å². The average molecular weight is 435 g/mol. The molecule has 0 aliphatic heterocycles. The van der Waals surface area contributed by atoms with Gasteiger partial charge in [-0.1, -0.05) is 6.07 Å². The molecule has 2 heterocycles. The van der Waals surface area contributed by atoms with Crippen molar-refractivity contribution in [2.45, 2.75) is 26.0 Å². The third kappa shape index (κ3) is 4.96. The maximum atomic E-state index is 10.5. The summed E-state index contributed by atoms with van der Waals surface area (Å²) in [5.74, 6) is 0.646. The first kappa shape index (κ1) is 18.9. The van der Waals surface area contributed by atoms with Gasteiger partial charge in [-0.25, -0.2) is 0 Å². The van der Waals surface area contributed by atoms with E-state index in [2.05, 4.69) is 25.8 Å². The summed E-state index contributed by atoms with van der Waals surface area (Å²) < 4.78 is 0. The van der Waals surface area contributed by atoms with E-state index in [0.29, 0.717) is 19.0 Å². The summed E-state index contributed by atoms with van der Waals surface area (Å²) >= 11 is 1.54. The minimum absolute atomic E-state index is 0. The van der Waals surface area contributed by atoms with E-state index in [4.69, 9.17) is 0 Å². The summed E-state index contributed by atoms with van der Waals surface area (Å²) in [5.41, 5.74) is 1.20. The standard InChI is InChI=1S/C14H21N5OS.HI/c1-10-11(8-18-19-10)7-16-13(15-3)17-9-14(2,20)12-5-4-6-21-12;/h4-6,8,20H,7,9H2,1-3H3,(H,18,19)(H2,15,16,17);1H. The molecular formula is C14H22IN5OS. The molecule has 0 saturated heterocycles. The predicted molar refractivity (Wildman–Crippen MR) is 101 cm³/mol. The molecule has 6 nitrogen and oxygen atoms in total. The van der Waals surface area contributed by atoms with Crippen LogP contribution in [0.25, 0.3) is 0 Å². The van der Waals surface area contributed by atoms with Crippen molar-refractivity contribution in [3.63, 3.8) is 0 Å². The van der Waals surface area contributed by atoms with Crippen molar-refractivity contribution in [2.24, 2.45) is 4.99 Å². The predicted octanol–water partition coefficient (Wildman–Crippen LogP) is 1.97. The van der Waals surface area contributed by atoms with Crippen molar-refractivity contribution >= 4 is 41.3 Å². The number of thiophene rings is 1. The molecule has 122 valence electrons. The number of nitrogens with zero attached hydrogens (tertiary/aromatic N) is 2. The first-order valence-corrected chi connectivity index (χ1v) is 7.60. The fourth-order valence-electron chi connectivity index (χ4n) is 1.88. The van der Waals surface area contributed by atoms with Gasteiger partial charge in [-0.2, -0.15) is 5.10 Å². The molecule has 0 aliphatic carbocycles. The molecule has 1 unspecified atom stereocenters. The summed E-state index contributed by atoms with van der Waals surface area (Å²) in [6, 6.07) is 3.86. The number of halogens is 1. The molecule has 22 heavy (non-hydrogen) atoms. The zero-order valence-electron chi connectivity index (χ0n) is 12.9. The molecule has 2 aromatic rings. The smallest absolute Gasteiger partial charge is 0.191 e. The minimum Gasteiger partial charge on any atom is -0.383 e.